The van der Waals surface area contributed by atoms with Gasteiger partial charge in [-0.1, -0.05) is 23.7 Å². The van der Waals surface area contributed by atoms with E-state index < -0.39 is 5.82 Å². The summed E-state index contributed by atoms with van der Waals surface area (Å²) in [5, 5.41) is 0.265. The molecule has 0 radical (unpaired) electrons. The quantitative estimate of drug-likeness (QED) is 0.787. The molecule has 1 aromatic carbocycles. The van der Waals surface area contributed by atoms with Crippen molar-refractivity contribution in [3.63, 3.8) is 0 Å². The SMILES string of the molecule is O=C(OCc1c(F)cccc1Cl)[C@H]1CCCN(c2ccccn2)C1. The Morgan fingerprint density at radius 3 is 2.96 bits per heavy atom. The predicted octanol–water partition coefficient (Wildman–Crippen LogP) is 3.83. The standard InChI is InChI=1S/C18H18ClFN2O2/c19-15-6-3-7-16(20)14(15)12-24-18(23)13-5-4-10-22(11-13)17-8-1-2-9-21-17/h1-3,6-9,13H,4-5,10-12H2/t13-/m0/s1. The average molecular weight is 349 g/mol. The van der Waals surface area contributed by atoms with Gasteiger partial charge in [-0.05, 0) is 37.1 Å². The second-order valence-corrected chi connectivity index (χ2v) is 6.19. The predicted molar refractivity (Wildman–Crippen MR) is 90.4 cm³/mol. The molecular weight excluding hydrogens is 331 g/mol. The third kappa shape index (κ3) is 3.85. The summed E-state index contributed by atoms with van der Waals surface area (Å²) in [4.78, 5) is 18.7. The monoisotopic (exact) mass is 348 g/mol. The summed E-state index contributed by atoms with van der Waals surface area (Å²) in [6.45, 7) is 1.27. The van der Waals surface area contributed by atoms with Crippen molar-refractivity contribution >= 4 is 23.4 Å². The fourth-order valence-electron chi connectivity index (χ4n) is 2.85. The number of piperidine rings is 1. The van der Waals surface area contributed by atoms with Gasteiger partial charge in [-0.15, -0.1) is 0 Å². The molecule has 1 saturated heterocycles. The zero-order valence-electron chi connectivity index (χ0n) is 13.1. The normalized spacial score (nSPS) is 17.6. The van der Waals surface area contributed by atoms with Gasteiger partial charge in [0.05, 0.1) is 10.9 Å². The molecule has 2 aromatic rings. The lowest BCUT2D eigenvalue weighted by Gasteiger charge is -2.32. The number of anilines is 1. The smallest absolute Gasteiger partial charge is 0.311 e. The minimum Gasteiger partial charge on any atom is -0.460 e. The van der Waals surface area contributed by atoms with Crippen molar-refractivity contribution in [2.45, 2.75) is 19.4 Å². The molecule has 1 aliphatic heterocycles. The Bertz CT molecular complexity index is 691. The number of carbonyl (C=O) groups excluding carboxylic acids is 1. The van der Waals surface area contributed by atoms with Crippen LogP contribution in [0.5, 0.6) is 0 Å². The summed E-state index contributed by atoms with van der Waals surface area (Å²) in [5.74, 6) is -0.178. The zero-order chi connectivity index (χ0) is 16.9. The Morgan fingerprint density at radius 2 is 2.21 bits per heavy atom. The fraction of sp³-hybridized carbons (Fsp3) is 0.333. The van der Waals surface area contributed by atoms with E-state index in [-0.39, 0.29) is 29.1 Å². The van der Waals surface area contributed by atoms with Crippen LogP contribution >= 0.6 is 11.6 Å². The highest BCUT2D eigenvalue weighted by Gasteiger charge is 2.28. The average Bonchev–Trinajstić information content (AvgIpc) is 2.62. The Morgan fingerprint density at radius 1 is 1.33 bits per heavy atom. The van der Waals surface area contributed by atoms with Crippen LogP contribution in [0.1, 0.15) is 18.4 Å². The van der Waals surface area contributed by atoms with E-state index in [1.54, 1.807) is 12.3 Å². The van der Waals surface area contributed by atoms with Gasteiger partial charge in [0.1, 0.15) is 18.2 Å². The number of aromatic nitrogens is 1. The third-order valence-electron chi connectivity index (χ3n) is 4.15. The van der Waals surface area contributed by atoms with E-state index in [1.807, 2.05) is 18.2 Å². The Balaban J connectivity index is 1.61. The first-order chi connectivity index (χ1) is 11.6. The van der Waals surface area contributed by atoms with E-state index >= 15 is 0 Å². The summed E-state index contributed by atoms with van der Waals surface area (Å²) < 4.78 is 19.0. The highest BCUT2D eigenvalue weighted by molar-refractivity contribution is 6.31. The number of benzene rings is 1. The molecule has 4 nitrogen and oxygen atoms in total. The van der Waals surface area contributed by atoms with Crippen molar-refractivity contribution < 1.29 is 13.9 Å². The van der Waals surface area contributed by atoms with Crippen LogP contribution in [0.2, 0.25) is 5.02 Å². The van der Waals surface area contributed by atoms with Gasteiger partial charge in [-0.2, -0.15) is 0 Å². The molecule has 3 rings (SSSR count). The van der Waals surface area contributed by atoms with E-state index in [4.69, 9.17) is 16.3 Å². The summed E-state index contributed by atoms with van der Waals surface area (Å²) >= 11 is 5.95. The van der Waals surface area contributed by atoms with Crippen molar-refractivity contribution in [1.29, 1.82) is 0 Å². The van der Waals surface area contributed by atoms with Crippen molar-refractivity contribution in [3.05, 3.63) is 59.0 Å². The Kier molecular flexibility index (Phi) is 5.30. The van der Waals surface area contributed by atoms with Crippen LogP contribution in [-0.2, 0) is 16.1 Å². The van der Waals surface area contributed by atoms with Gasteiger partial charge in [0.15, 0.2) is 0 Å². The van der Waals surface area contributed by atoms with E-state index in [2.05, 4.69) is 9.88 Å². The summed E-state index contributed by atoms with van der Waals surface area (Å²) in [6, 6.07) is 10.1. The van der Waals surface area contributed by atoms with Crippen molar-refractivity contribution in [2.24, 2.45) is 5.92 Å². The molecule has 24 heavy (non-hydrogen) atoms. The number of pyridine rings is 1. The van der Waals surface area contributed by atoms with Crippen LogP contribution in [0.3, 0.4) is 0 Å². The molecule has 1 fully saturated rings. The Labute approximate surface area is 145 Å². The number of hydrogen-bond acceptors (Lipinski definition) is 4. The number of halogens is 2. The minimum absolute atomic E-state index is 0.148. The maximum Gasteiger partial charge on any atom is 0.311 e. The molecule has 1 atom stereocenters. The van der Waals surface area contributed by atoms with Crippen LogP contribution in [0.25, 0.3) is 0 Å². The number of hydrogen-bond donors (Lipinski definition) is 0. The first-order valence-electron chi connectivity index (χ1n) is 7.90. The van der Waals surface area contributed by atoms with E-state index in [0.717, 1.165) is 25.2 Å². The van der Waals surface area contributed by atoms with Gasteiger partial charge in [0.25, 0.3) is 0 Å². The fourth-order valence-corrected chi connectivity index (χ4v) is 3.07. The lowest BCUT2D eigenvalue weighted by atomic mass is 9.98. The van der Waals surface area contributed by atoms with Gasteiger partial charge in [-0.3, -0.25) is 4.79 Å². The molecule has 0 saturated carbocycles. The number of esters is 1. The van der Waals surface area contributed by atoms with Crippen LogP contribution in [0, 0.1) is 11.7 Å². The topological polar surface area (TPSA) is 42.4 Å². The lowest BCUT2D eigenvalue weighted by Crippen LogP contribution is -2.39. The first-order valence-corrected chi connectivity index (χ1v) is 8.28. The number of carbonyl (C=O) groups is 1. The van der Waals surface area contributed by atoms with Crippen molar-refractivity contribution in [1.82, 2.24) is 4.98 Å². The molecule has 0 N–H and O–H groups in total. The molecule has 126 valence electrons. The number of nitrogens with zero attached hydrogens (tertiary/aromatic N) is 2. The largest absolute Gasteiger partial charge is 0.460 e. The molecule has 6 heteroatoms. The number of rotatable bonds is 4. The molecule has 0 bridgehead atoms. The zero-order valence-corrected chi connectivity index (χ0v) is 13.9. The summed E-state index contributed by atoms with van der Waals surface area (Å²) in [5.41, 5.74) is 0.213. The second-order valence-electron chi connectivity index (χ2n) is 5.78. The highest BCUT2D eigenvalue weighted by atomic mass is 35.5. The first kappa shape index (κ1) is 16.7. The molecule has 0 unspecified atom stereocenters. The van der Waals surface area contributed by atoms with Gasteiger partial charge in [0.2, 0.25) is 0 Å². The highest BCUT2D eigenvalue weighted by Crippen LogP contribution is 2.24. The van der Waals surface area contributed by atoms with Gasteiger partial charge in [-0.25, -0.2) is 9.37 Å². The number of ether oxygens (including phenoxy) is 1. The van der Waals surface area contributed by atoms with E-state index in [9.17, 15) is 9.18 Å². The summed E-state index contributed by atoms with van der Waals surface area (Å²) in [7, 11) is 0. The second kappa shape index (κ2) is 7.62. The lowest BCUT2D eigenvalue weighted by molar-refractivity contribution is -0.150. The third-order valence-corrected chi connectivity index (χ3v) is 4.50. The molecule has 0 amide bonds. The molecule has 2 heterocycles. The molecule has 0 aliphatic carbocycles. The van der Waals surface area contributed by atoms with Crippen molar-refractivity contribution in [3.8, 4) is 0 Å². The van der Waals surface area contributed by atoms with E-state index in [1.165, 1.54) is 12.1 Å². The maximum atomic E-state index is 13.7. The molecule has 0 spiro atoms. The molecule has 1 aliphatic rings. The maximum absolute atomic E-state index is 13.7. The summed E-state index contributed by atoms with van der Waals surface area (Å²) in [6.07, 6.45) is 3.38. The Hall–Kier alpha value is -2.14. The van der Waals surface area contributed by atoms with E-state index in [0.29, 0.717) is 6.54 Å². The molecule has 1 aromatic heterocycles. The van der Waals surface area contributed by atoms with Crippen LogP contribution in [0.4, 0.5) is 10.2 Å². The van der Waals surface area contributed by atoms with Gasteiger partial charge in [0, 0.05) is 24.8 Å². The van der Waals surface area contributed by atoms with Gasteiger partial charge < -0.3 is 9.64 Å². The van der Waals surface area contributed by atoms with Crippen LogP contribution < -0.4 is 4.90 Å². The van der Waals surface area contributed by atoms with Gasteiger partial charge >= 0.3 is 5.97 Å². The molecular formula is C18H18ClFN2O2. The van der Waals surface area contributed by atoms with Crippen LogP contribution in [-0.4, -0.2) is 24.0 Å². The van der Waals surface area contributed by atoms with Crippen LogP contribution in [0.15, 0.2) is 42.6 Å². The van der Waals surface area contributed by atoms with Crippen molar-refractivity contribution in [2.75, 3.05) is 18.0 Å². The minimum atomic E-state index is -0.464.